The van der Waals surface area contributed by atoms with E-state index in [1.54, 1.807) is 0 Å². The zero-order valence-corrected chi connectivity index (χ0v) is 10.5. The minimum atomic E-state index is -0.341. The van der Waals surface area contributed by atoms with E-state index in [0.717, 1.165) is 0 Å². The van der Waals surface area contributed by atoms with Gasteiger partial charge in [0.25, 0.3) is 0 Å². The van der Waals surface area contributed by atoms with Gasteiger partial charge in [-0.2, -0.15) is 0 Å². The third-order valence-electron chi connectivity index (χ3n) is 3.83. The highest BCUT2D eigenvalue weighted by Crippen LogP contribution is 2.46. The van der Waals surface area contributed by atoms with Crippen LogP contribution in [0.3, 0.4) is 0 Å². The summed E-state index contributed by atoms with van der Waals surface area (Å²) in [6.07, 6.45) is 18.8. The van der Waals surface area contributed by atoms with Crippen molar-refractivity contribution in [1.29, 1.82) is 0 Å². The summed E-state index contributed by atoms with van der Waals surface area (Å²) < 4.78 is 0. The van der Waals surface area contributed by atoms with Crippen LogP contribution >= 0.6 is 0 Å². The lowest BCUT2D eigenvalue weighted by Gasteiger charge is -2.28. The zero-order chi connectivity index (χ0) is 12.7. The normalized spacial score (nSPS) is 25.9. The van der Waals surface area contributed by atoms with Crippen molar-refractivity contribution in [2.75, 3.05) is 0 Å². The molecule has 1 heterocycles. The van der Waals surface area contributed by atoms with E-state index in [1.807, 2.05) is 18.4 Å². The van der Waals surface area contributed by atoms with Gasteiger partial charge in [0.1, 0.15) is 5.54 Å². The number of nitrogens with zero attached hydrogens (tertiary/aromatic N) is 1. The van der Waals surface area contributed by atoms with Crippen molar-refractivity contribution in [3.8, 4) is 0 Å². The molecule has 1 heteroatoms. The van der Waals surface area contributed by atoms with Crippen molar-refractivity contribution in [3.05, 3.63) is 83.5 Å². The van der Waals surface area contributed by atoms with Gasteiger partial charge in [-0.05, 0) is 46.6 Å². The van der Waals surface area contributed by atoms with Crippen molar-refractivity contribution >= 4 is 17.9 Å². The van der Waals surface area contributed by atoms with Gasteiger partial charge in [-0.3, -0.25) is 4.99 Å². The third-order valence-corrected chi connectivity index (χ3v) is 3.83. The zero-order valence-electron chi connectivity index (χ0n) is 10.5. The van der Waals surface area contributed by atoms with Gasteiger partial charge in [-0.15, -0.1) is 0 Å². The Bertz CT molecular complexity index is 708. The summed E-state index contributed by atoms with van der Waals surface area (Å²) in [5.41, 5.74) is 4.82. The summed E-state index contributed by atoms with van der Waals surface area (Å²) in [6, 6.07) is 8.52. The molecule has 1 aromatic carbocycles. The summed E-state index contributed by atoms with van der Waals surface area (Å²) in [5.74, 6) is 0. The predicted octanol–water partition coefficient (Wildman–Crippen LogP) is 3.97. The largest absolute Gasteiger partial charge is 0.273 e. The van der Waals surface area contributed by atoms with E-state index >= 15 is 0 Å². The van der Waals surface area contributed by atoms with Crippen LogP contribution < -0.4 is 0 Å². The van der Waals surface area contributed by atoms with E-state index in [2.05, 4.69) is 60.7 Å². The molecule has 0 fully saturated rings. The predicted molar refractivity (Wildman–Crippen MR) is 81.0 cm³/mol. The first-order valence-electron chi connectivity index (χ1n) is 6.50. The molecule has 4 rings (SSSR count). The van der Waals surface area contributed by atoms with Crippen LogP contribution in [0.25, 0.3) is 11.6 Å². The second-order valence-corrected chi connectivity index (χ2v) is 4.93. The van der Waals surface area contributed by atoms with Crippen LogP contribution in [0.15, 0.2) is 77.4 Å². The number of allylic oxidation sites excluding steroid dienone is 5. The van der Waals surface area contributed by atoms with Crippen LogP contribution in [0.1, 0.15) is 11.1 Å². The van der Waals surface area contributed by atoms with E-state index in [-0.39, 0.29) is 5.54 Å². The second-order valence-electron chi connectivity index (χ2n) is 4.93. The molecule has 0 radical (unpaired) electrons. The lowest BCUT2D eigenvalue weighted by molar-refractivity contribution is 0.804. The molecule has 0 N–H and O–H groups in total. The third kappa shape index (κ3) is 1.45. The van der Waals surface area contributed by atoms with Crippen LogP contribution in [0.4, 0.5) is 0 Å². The van der Waals surface area contributed by atoms with E-state index in [4.69, 9.17) is 4.99 Å². The Kier molecular flexibility index (Phi) is 2.10. The molecule has 0 bridgehead atoms. The van der Waals surface area contributed by atoms with Crippen molar-refractivity contribution in [2.24, 2.45) is 4.99 Å². The van der Waals surface area contributed by atoms with Crippen LogP contribution in [-0.4, -0.2) is 11.8 Å². The minimum Gasteiger partial charge on any atom is -0.273 e. The van der Waals surface area contributed by atoms with Crippen molar-refractivity contribution in [3.63, 3.8) is 0 Å². The lowest BCUT2D eigenvalue weighted by atomic mass is 9.81. The van der Waals surface area contributed by atoms with Gasteiger partial charge in [-0.25, -0.2) is 0 Å². The molecule has 1 unspecified atom stereocenters. The average molecular weight is 243 g/mol. The fraction of sp³-hybridized carbons (Fsp3) is 0.0556. The van der Waals surface area contributed by atoms with Crippen molar-refractivity contribution in [1.82, 2.24) is 0 Å². The van der Waals surface area contributed by atoms with Gasteiger partial charge in [-0.1, -0.05) is 48.6 Å². The first kappa shape index (κ1) is 10.5. The van der Waals surface area contributed by atoms with Crippen LogP contribution in [0, 0.1) is 0 Å². The fourth-order valence-electron chi connectivity index (χ4n) is 2.92. The SMILES string of the molecule is C1=CC=NC2(C=C1)C=CC=C1C2=Cc2ccccc21. The Morgan fingerprint density at radius 3 is 2.79 bits per heavy atom. The molecular formula is C18H13N. The molecule has 0 amide bonds. The van der Waals surface area contributed by atoms with E-state index in [0.29, 0.717) is 0 Å². The Morgan fingerprint density at radius 1 is 0.895 bits per heavy atom. The standard InChI is InChI=1S/C18H13N/c1-4-10-18(19-12-5-1)11-6-9-16-15-8-3-2-7-14(15)13-17(16)18/h1-13H. The monoisotopic (exact) mass is 243 g/mol. The Morgan fingerprint density at radius 2 is 1.79 bits per heavy atom. The molecule has 1 aromatic rings. The van der Waals surface area contributed by atoms with Gasteiger partial charge in [0.2, 0.25) is 0 Å². The van der Waals surface area contributed by atoms with Crippen LogP contribution in [0.2, 0.25) is 0 Å². The van der Waals surface area contributed by atoms with E-state index in [9.17, 15) is 0 Å². The highest BCUT2D eigenvalue weighted by atomic mass is 14.8. The molecular weight excluding hydrogens is 230 g/mol. The lowest BCUT2D eigenvalue weighted by Crippen LogP contribution is -2.25. The van der Waals surface area contributed by atoms with Gasteiger partial charge < -0.3 is 0 Å². The average Bonchev–Trinajstić information content (AvgIpc) is 2.68. The molecule has 0 saturated carbocycles. The molecule has 19 heavy (non-hydrogen) atoms. The highest BCUT2D eigenvalue weighted by molar-refractivity contribution is 5.99. The van der Waals surface area contributed by atoms with Gasteiger partial charge in [0.15, 0.2) is 0 Å². The quantitative estimate of drug-likeness (QED) is 0.653. The molecule has 0 aromatic heterocycles. The first-order valence-corrected chi connectivity index (χ1v) is 6.50. The van der Waals surface area contributed by atoms with Gasteiger partial charge in [0, 0.05) is 6.21 Å². The van der Waals surface area contributed by atoms with Crippen LogP contribution in [0.5, 0.6) is 0 Å². The Hall–Kier alpha value is -2.41. The number of fused-ring (bicyclic) bond motifs is 4. The smallest absolute Gasteiger partial charge is 0.123 e. The topological polar surface area (TPSA) is 12.4 Å². The molecule has 90 valence electrons. The van der Waals surface area contributed by atoms with E-state index < -0.39 is 0 Å². The maximum atomic E-state index is 4.75. The summed E-state index contributed by atoms with van der Waals surface area (Å²) in [5, 5.41) is 0. The molecule has 2 aliphatic carbocycles. The molecule has 1 aliphatic heterocycles. The molecule has 1 atom stereocenters. The number of rotatable bonds is 0. The highest BCUT2D eigenvalue weighted by Gasteiger charge is 2.35. The summed E-state index contributed by atoms with van der Waals surface area (Å²) in [7, 11) is 0. The number of benzene rings is 1. The minimum absolute atomic E-state index is 0.341. The maximum absolute atomic E-state index is 4.75. The van der Waals surface area contributed by atoms with E-state index in [1.165, 1.54) is 22.3 Å². The first-order chi connectivity index (χ1) is 9.39. The second kappa shape index (κ2) is 3.79. The Balaban J connectivity index is 1.93. The molecule has 3 aliphatic rings. The molecule has 1 spiro atoms. The molecule has 0 saturated heterocycles. The number of aliphatic imine (C=N–C) groups is 1. The number of hydrogen-bond donors (Lipinski definition) is 0. The maximum Gasteiger partial charge on any atom is 0.123 e. The Labute approximate surface area is 112 Å². The van der Waals surface area contributed by atoms with Gasteiger partial charge >= 0.3 is 0 Å². The van der Waals surface area contributed by atoms with Gasteiger partial charge in [0.05, 0.1) is 0 Å². The summed E-state index contributed by atoms with van der Waals surface area (Å²) >= 11 is 0. The van der Waals surface area contributed by atoms with Crippen molar-refractivity contribution in [2.45, 2.75) is 5.54 Å². The van der Waals surface area contributed by atoms with Crippen molar-refractivity contribution < 1.29 is 0 Å². The van der Waals surface area contributed by atoms with Crippen LogP contribution in [-0.2, 0) is 0 Å². The number of hydrogen-bond acceptors (Lipinski definition) is 1. The summed E-state index contributed by atoms with van der Waals surface area (Å²) in [4.78, 5) is 4.75. The fourth-order valence-corrected chi connectivity index (χ4v) is 2.92. The molecule has 1 nitrogen and oxygen atoms in total. The summed E-state index contributed by atoms with van der Waals surface area (Å²) in [6.45, 7) is 0.